The van der Waals surface area contributed by atoms with E-state index < -0.39 is 0 Å². The molecule has 0 radical (unpaired) electrons. The Labute approximate surface area is 206 Å². The van der Waals surface area contributed by atoms with Crippen molar-refractivity contribution < 1.29 is 4.42 Å². The minimum absolute atomic E-state index is 0.933. The van der Waals surface area contributed by atoms with E-state index in [2.05, 4.69) is 115 Å². The maximum atomic E-state index is 6.51. The summed E-state index contributed by atoms with van der Waals surface area (Å²) in [6, 6.07) is 32.9. The van der Waals surface area contributed by atoms with Crippen LogP contribution in [-0.4, -0.2) is 7.18 Å². The lowest BCUT2D eigenvalue weighted by atomic mass is 10.0. The molecule has 0 bridgehead atoms. The zero-order chi connectivity index (χ0) is 22.1. The molecule has 158 valence electrons. The fraction of sp³-hybridized carbons (Fsp3) is 0. The minimum Gasteiger partial charge on any atom is -0.454 e. The topological polar surface area (TPSA) is 22.5 Å². The molecule has 0 N–H and O–H groups in total. The van der Waals surface area contributed by atoms with Gasteiger partial charge in [0, 0.05) is 37.7 Å². The SMILES string of the molecule is In1c2cccc3c2c2c(cc4c5ccccc5oc4c21)c1cccc2c4ccccc4n3c12. The van der Waals surface area contributed by atoms with Crippen LogP contribution in [-0.2, 0) is 0 Å². The van der Waals surface area contributed by atoms with E-state index in [9.17, 15) is 0 Å². The van der Waals surface area contributed by atoms with Crippen LogP contribution in [0.5, 0.6) is 0 Å². The Morgan fingerprint density at radius 1 is 0.529 bits per heavy atom. The fourth-order valence-corrected chi connectivity index (χ4v) is 7.10. The Kier molecular flexibility index (Phi) is 3.03. The van der Waals surface area contributed by atoms with Crippen LogP contribution in [0.15, 0.2) is 95.4 Å². The third kappa shape index (κ3) is 1.85. The second-order valence-corrected chi connectivity index (χ2v) is 10.1. The predicted octanol–water partition coefficient (Wildman–Crippen LogP) is 9.04. The molecule has 9 aromatic rings. The van der Waals surface area contributed by atoms with Crippen molar-refractivity contribution in [2.45, 2.75) is 0 Å². The average molecular weight is 546 g/mol. The molecule has 4 heteroatoms. The first kappa shape index (κ1) is 17.7. The zero-order valence-electron chi connectivity index (χ0n) is 17.8. The third-order valence-corrected chi connectivity index (χ3v) is 8.55. The summed E-state index contributed by atoms with van der Waals surface area (Å²) in [4.78, 5) is 0. The molecule has 4 heterocycles. The molecular formula is C30H15IN2O. The Morgan fingerprint density at radius 2 is 1.21 bits per heavy atom. The van der Waals surface area contributed by atoms with Gasteiger partial charge in [-0.1, -0.05) is 60.7 Å². The molecule has 3 nitrogen and oxygen atoms in total. The molecule has 0 unspecified atom stereocenters. The maximum Gasteiger partial charge on any atom is 0.160 e. The van der Waals surface area contributed by atoms with E-state index >= 15 is 0 Å². The minimum atomic E-state index is 0.933. The van der Waals surface area contributed by atoms with Crippen molar-refractivity contribution in [2.75, 3.05) is 0 Å². The summed E-state index contributed by atoms with van der Waals surface area (Å²) < 4.78 is 11.3. The number of nitrogens with zero attached hydrogens (tertiary/aromatic N) is 2. The second-order valence-electron chi connectivity index (χ2n) is 9.13. The average Bonchev–Trinajstić information content (AvgIpc) is 3.49. The van der Waals surface area contributed by atoms with Gasteiger partial charge in [0.25, 0.3) is 0 Å². The first-order valence-corrected chi connectivity index (χ1v) is 12.4. The number of hydrogen-bond acceptors (Lipinski definition) is 1. The normalized spacial score (nSPS) is 12.9. The summed E-state index contributed by atoms with van der Waals surface area (Å²) in [6.07, 6.45) is 0. The number of furan rings is 1. The van der Waals surface area contributed by atoms with Crippen molar-refractivity contribution in [3.05, 3.63) is 91.0 Å². The molecule has 0 aliphatic rings. The monoisotopic (exact) mass is 546 g/mol. The quantitative estimate of drug-likeness (QED) is 0.174. The van der Waals surface area contributed by atoms with Crippen LogP contribution in [0.1, 0.15) is 0 Å². The van der Waals surface area contributed by atoms with Gasteiger partial charge in [-0.2, -0.15) is 0 Å². The number of hydrogen-bond donors (Lipinski definition) is 0. The van der Waals surface area contributed by atoms with Gasteiger partial charge >= 0.3 is 0 Å². The summed E-state index contributed by atoms with van der Waals surface area (Å²) in [5.41, 5.74) is 8.00. The van der Waals surface area contributed by atoms with Gasteiger partial charge < -0.3 is 8.82 Å². The van der Waals surface area contributed by atoms with E-state index in [1.165, 1.54) is 59.8 Å². The number of aromatic nitrogens is 2. The van der Waals surface area contributed by atoms with E-state index in [-0.39, 0.29) is 0 Å². The van der Waals surface area contributed by atoms with Gasteiger partial charge in [0.15, 0.2) is 5.58 Å². The lowest BCUT2D eigenvalue weighted by Crippen LogP contribution is -1.86. The smallest absolute Gasteiger partial charge is 0.160 e. The van der Waals surface area contributed by atoms with E-state index in [4.69, 9.17) is 4.42 Å². The molecule has 0 amide bonds. The van der Waals surface area contributed by atoms with Crippen molar-refractivity contribution in [1.29, 1.82) is 0 Å². The van der Waals surface area contributed by atoms with Crippen molar-refractivity contribution >= 4 is 105 Å². The highest BCUT2D eigenvalue weighted by atomic mass is 127. The maximum absolute atomic E-state index is 6.51. The number of fused-ring (bicyclic) bond motifs is 9. The summed E-state index contributed by atoms with van der Waals surface area (Å²) in [5, 5.41) is 10.0. The van der Waals surface area contributed by atoms with Crippen molar-refractivity contribution in [1.82, 2.24) is 7.18 Å². The van der Waals surface area contributed by atoms with Crippen LogP contribution in [0.3, 0.4) is 0 Å². The van der Waals surface area contributed by atoms with Crippen LogP contribution in [0.25, 0.3) is 81.8 Å². The standard InChI is InChI=1S/C30H15IN2O/c31-33-24-13-6-12-23-27(24)26-20(15-21-17-8-2-4-14-25(17)34-30(21)29(26)33)19-10-5-9-18-16-7-1-3-11-22(16)32(23)28(18)19/h1-15H. The Morgan fingerprint density at radius 3 is 2.12 bits per heavy atom. The molecule has 4 aromatic heterocycles. The molecule has 0 aliphatic carbocycles. The Balaban J connectivity index is 1.77. The number of para-hydroxylation sites is 3. The lowest BCUT2D eigenvalue weighted by Gasteiger charge is -2.03. The molecule has 34 heavy (non-hydrogen) atoms. The van der Waals surface area contributed by atoms with Gasteiger partial charge in [-0.25, -0.2) is 0 Å². The summed E-state index contributed by atoms with van der Waals surface area (Å²) >= 11 is 2.45. The highest BCUT2D eigenvalue weighted by Crippen LogP contribution is 2.47. The lowest BCUT2D eigenvalue weighted by molar-refractivity contribution is 0.672. The first-order chi connectivity index (χ1) is 16.8. The van der Waals surface area contributed by atoms with E-state index in [1.54, 1.807) is 0 Å². The molecular weight excluding hydrogens is 531 g/mol. The molecule has 0 saturated heterocycles. The van der Waals surface area contributed by atoms with Crippen LogP contribution in [0.2, 0.25) is 0 Å². The Hall–Kier alpha value is -3.77. The van der Waals surface area contributed by atoms with E-state index in [0.29, 0.717) is 0 Å². The van der Waals surface area contributed by atoms with Gasteiger partial charge in [0.2, 0.25) is 0 Å². The van der Waals surface area contributed by atoms with Gasteiger partial charge in [0.1, 0.15) is 11.1 Å². The number of rotatable bonds is 0. The summed E-state index contributed by atoms with van der Waals surface area (Å²) in [5.74, 6) is 0. The van der Waals surface area contributed by atoms with Gasteiger partial charge in [-0.3, -0.25) is 2.78 Å². The predicted molar refractivity (Wildman–Crippen MR) is 151 cm³/mol. The number of halogens is 1. The Bertz CT molecular complexity index is 2300. The largest absolute Gasteiger partial charge is 0.454 e. The van der Waals surface area contributed by atoms with Crippen molar-refractivity contribution in [3.63, 3.8) is 0 Å². The van der Waals surface area contributed by atoms with Crippen LogP contribution in [0, 0.1) is 0 Å². The molecule has 9 rings (SSSR count). The van der Waals surface area contributed by atoms with Crippen LogP contribution >= 0.6 is 22.9 Å². The summed E-state index contributed by atoms with van der Waals surface area (Å²) in [6.45, 7) is 0. The molecule has 0 fully saturated rings. The molecule has 5 aromatic carbocycles. The highest BCUT2D eigenvalue weighted by molar-refractivity contribution is 14.1. The molecule has 0 saturated carbocycles. The molecule has 0 spiro atoms. The van der Waals surface area contributed by atoms with Gasteiger partial charge in [-0.05, 0) is 35.7 Å². The van der Waals surface area contributed by atoms with E-state index in [1.807, 2.05) is 6.07 Å². The summed E-state index contributed by atoms with van der Waals surface area (Å²) in [7, 11) is 0. The zero-order valence-corrected chi connectivity index (χ0v) is 20.0. The second kappa shape index (κ2) is 5.83. The third-order valence-electron chi connectivity index (χ3n) is 7.55. The fourth-order valence-electron chi connectivity index (χ4n) is 6.24. The van der Waals surface area contributed by atoms with Crippen LogP contribution < -0.4 is 0 Å². The van der Waals surface area contributed by atoms with Gasteiger partial charge in [-0.15, -0.1) is 0 Å². The number of benzene rings is 5. The highest BCUT2D eigenvalue weighted by Gasteiger charge is 2.24. The molecule has 0 aliphatic heterocycles. The van der Waals surface area contributed by atoms with Crippen LogP contribution in [0.4, 0.5) is 0 Å². The van der Waals surface area contributed by atoms with Crippen molar-refractivity contribution in [2.24, 2.45) is 0 Å². The van der Waals surface area contributed by atoms with Gasteiger partial charge in [0.05, 0.1) is 44.9 Å². The van der Waals surface area contributed by atoms with Crippen molar-refractivity contribution in [3.8, 4) is 0 Å². The van der Waals surface area contributed by atoms with E-state index in [0.717, 1.165) is 22.1 Å². The first-order valence-electron chi connectivity index (χ1n) is 11.4. The molecule has 0 atom stereocenters.